The first-order valence-electron chi connectivity index (χ1n) is 6.05. The third kappa shape index (κ3) is 3.73. The van der Waals surface area contributed by atoms with Gasteiger partial charge in [0.2, 0.25) is 0 Å². The van der Waals surface area contributed by atoms with Gasteiger partial charge in [-0.25, -0.2) is 0 Å². The van der Waals surface area contributed by atoms with Crippen LogP contribution in [0.2, 0.25) is 10.0 Å². The predicted octanol–water partition coefficient (Wildman–Crippen LogP) is 4.19. The molecule has 21 heavy (non-hydrogen) atoms. The Morgan fingerprint density at radius 1 is 1.14 bits per heavy atom. The summed E-state index contributed by atoms with van der Waals surface area (Å²) in [5, 5.41) is 3.59. The second-order valence-corrected chi connectivity index (χ2v) is 5.78. The smallest absolute Gasteiger partial charge is 0.257 e. The summed E-state index contributed by atoms with van der Waals surface area (Å²) in [7, 11) is 0. The maximum Gasteiger partial charge on any atom is 0.257 e. The molecule has 2 aromatic carbocycles. The highest BCUT2D eigenvalue weighted by atomic mass is 35.5. The van der Waals surface area contributed by atoms with Crippen LogP contribution in [0.25, 0.3) is 0 Å². The minimum Gasteiger partial charge on any atom is -0.389 e. The van der Waals surface area contributed by atoms with E-state index >= 15 is 0 Å². The van der Waals surface area contributed by atoms with E-state index in [9.17, 15) is 4.79 Å². The molecular formula is C15H12Cl2N2OS. The summed E-state index contributed by atoms with van der Waals surface area (Å²) in [5.41, 5.74) is 7.99. The molecule has 0 fully saturated rings. The van der Waals surface area contributed by atoms with Crippen molar-refractivity contribution in [1.29, 1.82) is 0 Å². The molecule has 0 unspecified atom stereocenters. The molecule has 1 amide bonds. The van der Waals surface area contributed by atoms with Gasteiger partial charge in [0.1, 0.15) is 4.99 Å². The van der Waals surface area contributed by atoms with Crippen molar-refractivity contribution in [3.63, 3.8) is 0 Å². The highest BCUT2D eigenvalue weighted by molar-refractivity contribution is 7.80. The second kappa shape index (κ2) is 6.43. The number of hydrogen-bond acceptors (Lipinski definition) is 2. The molecule has 0 aliphatic heterocycles. The van der Waals surface area contributed by atoms with Gasteiger partial charge >= 0.3 is 0 Å². The molecule has 3 nitrogen and oxygen atoms in total. The van der Waals surface area contributed by atoms with Crippen LogP contribution in [-0.4, -0.2) is 10.9 Å². The Hall–Kier alpha value is -1.62. The summed E-state index contributed by atoms with van der Waals surface area (Å²) in [6.07, 6.45) is 0. The van der Waals surface area contributed by atoms with Gasteiger partial charge in [0.05, 0.1) is 16.3 Å². The van der Waals surface area contributed by atoms with E-state index in [1.807, 2.05) is 13.0 Å². The fourth-order valence-electron chi connectivity index (χ4n) is 1.83. The Kier molecular flexibility index (Phi) is 4.83. The fourth-order valence-corrected chi connectivity index (χ4v) is 2.50. The van der Waals surface area contributed by atoms with Crippen LogP contribution in [0.3, 0.4) is 0 Å². The molecule has 0 aliphatic rings. The van der Waals surface area contributed by atoms with Crippen LogP contribution in [0, 0.1) is 6.92 Å². The molecule has 0 heterocycles. The molecule has 0 atom stereocenters. The van der Waals surface area contributed by atoms with Crippen molar-refractivity contribution in [1.82, 2.24) is 0 Å². The number of aryl methyl sites for hydroxylation is 1. The number of nitrogens with two attached hydrogens (primary N) is 1. The largest absolute Gasteiger partial charge is 0.389 e. The van der Waals surface area contributed by atoms with E-state index in [1.165, 1.54) is 0 Å². The first-order chi connectivity index (χ1) is 9.88. The van der Waals surface area contributed by atoms with Crippen molar-refractivity contribution < 1.29 is 4.79 Å². The van der Waals surface area contributed by atoms with Gasteiger partial charge < -0.3 is 11.1 Å². The maximum atomic E-state index is 12.3. The lowest BCUT2D eigenvalue weighted by atomic mass is 10.1. The van der Waals surface area contributed by atoms with Crippen molar-refractivity contribution in [2.75, 3.05) is 5.32 Å². The zero-order valence-electron chi connectivity index (χ0n) is 11.1. The Balaban J connectivity index is 2.35. The molecule has 0 aliphatic carbocycles. The molecule has 108 valence electrons. The van der Waals surface area contributed by atoms with Crippen LogP contribution in [0.5, 0.6) is 0 Å². The van der Waals surface area contributed by atoms with Crippen LogP contribution < -0.4 is 11.1 Å². The molecule has 0 saturated heterocycles. The lowest BCUT2D eigenvalue weighted by Crippen LogP contribution is -2.18. The summed E-state index contributed by atoms with van der Waals surface area (Å²) in [5.74, 6) is -0.347. The molecule has 6 heteroatoms. The molecule has 0 spiro atoms. The zero-order chi connectivity index (χ0) is 15.6. The molecule has 2 rings (SSSR count). The first-order valence-corrected chi connectivity index (χ1v) is 7.22. The van der Waals surface area contributed by atoms with Crippen molar-refractivity contribution >= 4 is 52.0 Å². The monoisotopic (exact) mass is 338 g/mol. The average Bonchev–Trinajstić information content (AvgIpc) is 2.37. The Bertz CT molecular complexity index is 732. The number of thiocarbonyl (C=S) groups is 1. The minimum atomic E-state index is -0.347. The van der Waals surface area contributed by atoms with Crippen molar-refractivity contribution in [3.8, 4) is 0 Å². The number of halogens is 2. The summed E-state index contributed by atoms with van der Waals surface area (Å²) >= 11 is 17.0. The van der Waals surface area contributed by atoms with Gasteiger partial charge in [0.15, 0.2) is 0 Å². The number of benzene rings is 2. The van der Waals surface area contributed by atoms with E-state index in [-0.39, 0.29) is 10.9 Å². The van der Waals surface area contributed by atoms with E-state index in [1.54, 1.807) is 30.3 Å². The Morgan fingerprint density at radius 2 is 1.81 bits per heavy atom. The number of rotatable bonds is 3. The van der Waals surface area contributed by atoms with Crippen LogP contribution in [-0.2, 0) is 0 Å². The molecule has 3 N–H and O–H groups in total. The Morgan fingerprint density at radius 3 is 2.43 bits per heavy atom. The number of carbonyl (C=O) groups is 1. The summed E-state index contributed by atoms with van der Waals surface area (Å²) < 4.78 is 0. The van der Waals surface area contributed by atoms with E-state index in [2.05, 4.69) is 5.32 Å². The SMILES string of the molecule is Cc1ccc(C(=O)Nc2cc(Cl)ccc2C(N)=S)c(Cl)c1. The standard InChI is InChI=1S/C15H12Cl2N2OS/c1-8-2-4-10(12(17)6-8)15(20)19-13-7-9(16)3-5-11(13)14(18)21/h2-7H,1H3,(H2,18,21)(H,19,20). The van der Waals surface area contributed by atoms with E-state index < -0.39 is 0 Å². The summed E-state index contributed by atoms with van der Waals surface area (Å²) in [6.45, 7) is 1.90. The van der Waals surface area contributed by atoms with Gasteiger partial charge in [-0.3, -0.25) is 4.79 Å². The van der Waals surface area contributed by atoms with Crippen molar-refractivity contribution in [3.05, 3.63) is 63.1 Å². The van der Waals surface area contributed by atoms with E-state index in [0.717, 1.165) is 5.56 Å². The number of hydrogen-bond donors (Lipinski definition) is 2. The van der Waals surface area contributed by atoms with Gasteiger partial charge in [-0.05, 0) is 42.8 Å². The first kappa shape index (κ1) is 15.8. The van der Waals surface area contributed by atoms with Gasteiger partial charge in [0, 0.05) is 10.6 Å². The number of amides is 1. The topological polar surface area (TPSA) is 55.1 Å². The second-order valence-electron chi connectivity index (χ2n) is 4.49. The van der Waals surface area contributed by atoms with Gasteiger partial charge in [-0.15, -0.1) is 0 Å². The van der Waals surface area contributed by atoms with E-state index in [4.69, 9.17) is 41.2 Å². The minimum absolute atomic E-state index is 0.178. The van der Waals surface area contributed by atoms with Crippen LogP contribution in [0.1, 0.15) is 21.5 Å². The Labute approximate surface area is 138 Å². The van der Waals surface area contributed by atoms with Crippen LogP contribution in [0.4, 0.5) is 5.69 Å². The summed E-state index contributed by atoms with van der Waals surface area (Å²) in [4.78, 5) is 12.5. The highest BCUT2D eigenvalue weighted by Gasteiger charge is 2.14. The number of anilines is 1. The average molecular weight is 339 g/mol. The highest BCUT2D eigenvalue weighted by Crippen LogP contribution is 2.24. The zero-order valence-corrected chi connectivity index (χ0v) is 13.4. The molecule has 2 aromatic rings. The normalized spacial score (nSPS) is 10.2. The lowest BCUT2D eigenvalue weighted by molar-refractivity contribution is 0.102. The van der Waals surface area contributed by atoms with Crippen molar-refractivity contribution in [2.45, 2.75) is 6.92 Å². The van der Waals surface area contributed by atoms with Gasteiger partial charge in [0.25, 0.3) is 5.91 Å². The third-order valence-corrected chi connectivity index (χ3v) is 3.63. The quantitative estimate of drug-likeness (QED) is 0.825. The van der Waals surface area contributed by atoms with Gasteiger partial charge in [-0.1, -0.05) is 41.5 Å². The molecule has 0 aromatic heterocycles. The lowest BCUT2D eigenvalue weighted by Gasteiger charge is -2.11. The van der Waals surface area contributed by atoms with E-state index in [0.29, 0.717) is 26.9 Å². The fraction of sp³-hybridized carbons (Fsp3) is 0.0667. The molecule has 0 saturated carbocycles. The molecule has 0 radical (unpaired) electrons. The van der Waals surface area contributed by atoms with Gasteiger partial charge in [-0.2, -0.15) is 0 Å². The third-order valence-electron chi connectivity index (χ3n) is 2.86. The van der Waals surface area contributed by atoms with Crippen LogP contribution >= 0.6 is 35.4 Å². The molecule has 0 bridgehead atoms. The summed E-state index contributed by atoms with van der Waals surface area (Å²) in [6, 6.07) is 10.1. The van der Waals surface area contributed by atoms with Crippen molar-refractivity contribution in [2.24, 2.45) is 5.73 Å². The predicted molar refractivity (Wildman–Crippen MR) is 91.5 cm³/mol. The number of carbonyl (C=O) groups excluding carboxylic acids is 1. The van der Waals surface area contributed by atoms with Crippen LogP contribution in [0.15, 0.2) is 36.4 Å². The number of nitrogens with one attached hydrogen (secondary N) is 1. The molecular weight excluding hydrogens is 327 g/mol. The maximum absolute atomic E-state index is 12.3.